The van der Waals surface area contributed by atoms with Gasteiger partial charge in [-0.15, -0.1) is 0 Å². The Kier molecular flexibility index (Phi) is 5.16. The first-order valence-electron chi connectivity index (χ1n) is 8.91. The first-order valence-corrected chi connectivity index (χ1v) is 8.91. The summed E-state index contributed by atoms with van der Waals surface area (Å²) in [6, 6.07) is 0. The molecule has 3 heteroatoms. The molecule has 132 valence electrons. The molecule has 0 aliphatic heterocycles. The van der Waals surface area contributed by atoms with Crippen molar-refractivity contribution < 1.29 is 15.3 Å². The Bertz CT molecular complexity index is 481. The van der Waals surface area contributed by atoms with Gasteiger partial charge in [-0.1, -0.05) is 44.6 Å². The highest BCUT2D eigenvalue weighted by Gasteiger charge is 2.61. The van der Waals surface area contributed by atoms with Crippen LogP contribution in [0.15, 0.2) is 24.3 Å². The Balaban J connectivity index is 2.44. The topological polar surface area (TPSA) is 60.7 Å². The van der Waals surface area contributed by atoms with Gasteiger partial charge in [-0.2, -0.15) is 0 Å². The van der Waals surface area contributed by atoms with E-state index in [0.717, 1.165) is 31.3 Å². The maximum atomic E-state index is 11.1. The predicted molar refractivity (Wildman–Crippen MR) is 93.9 cm³/mol. The summed E-state index contributed by atoms with van der Waals surface area (Å²) in [6.07, 6.45) is 7.56. The van der Waals surface area contributed by atoms with E-state index in [-0.39, 0.29) is 29.3 Å². The summed E-state index contributed by atoms with van der Waals surface area (Å²) in [4.78, 5) is 0. The smallest absolute Gasteiger partial charge is 0.0680 e. The largest absolute Gasteiger partial charge is 0.396 e. The first kappa shape index (κ1) is 18.7. The Morgan fingerprint density at radius 1 is 1.26 bits per heavy atom. The SMILES string of the molecule is C=CC(C)=CCC1C(C)(O)CC(O)C2C(C)(CO)CCCC12C. The molecule has 6 unspecified atom stereocenters. The maximum Gasteiger partial charge on any atom is 0.0680 e. The number of allylic oxidation sites excluding steroid dienone is 3. The Morgan fingerprint density at radius 2 is 1.91 bits per heavy atom. The zero-order valence-corrected chi connectivity index (χ0v) is 15.2. The van der Waals surface area contributed by atoms with Crippen LogP contribution in [0.1, 0.15) is 59.8 Å². The van der Waals surface area contributed by atoms with Crippen molar-refractivity contribution in [2.75, 3.05) is 6.61 Å². The van der Waals surface area contributed by atoms with Gasteiger partial charge in [-0.25, -0.2) is 0 Å². The quantitative estimate of drug-likeness (QED) is 0.695. The van der Waals surface area contributed by atoms with Gasteiger partial charge in [-0.05, 0) is 55.8 Å². The van der Waals surface area contributed by atoms with E-state index in [4.69, 9.17) is 0 Å². The lowest BCUT2D eigenvalue weighted by Gasteiger charge is -2.63. The number of rotatable bonds is 4. The van der Waals surface area contributed by atoms with Crippen LogP contribution < -0.4 is 0 Å². The molecule has 2 saturated carbocycles. The highest BCUT2D eigenvalue weighted by atomic mass is 16.3. The summed E-state index contributed by atoms with van der Waals surface area (Å²) in [5, 5.41) is 31.9. The van der Waals surface area contributed by atoms with E-state index in [0.29, 0.717) is 6.42 Å². The molecule has 0 bridgehead atoms. The van der Waals surface area contributed by atoms with Crippen molar-refractivity contribution in [3.63, 3.8) is 0 Å². The molecular weight excluding hydrogens is 288 g/mol. The van der Waals surface area contributed by atoms with Crippen LogP contribution in [-0.4, -0.2) is 33.6 Å². The van der Waals surface area contributed by atoms with Crippen molar-refractivity contribution in [3.05, 3.63) is 24.3 Å². The molecule has 3 N–H and O–H groups in total. The van der Waals surface area contributed by atoms with Crippen LogP contribution in [-0.2, 0) is 0 Å². The van der Waals surface area contributed by atoms with Crippen LogP contribution >= 0.6 is 0 Å². The summed E-state index contributed by atoms with van der Waals surface area (Å²) >= 11 is 0. The lowest BCUT2D eigenvalue weighted by molar-refractivity contribution is -0.221. The minimum Gasteiger partial charge on any atom is -0.396 e. The van der Waals surface area contributed by atoms with Crippen LogP contribution in [0, 0.1) is 22.7 Å². The number of aliphatic hydroxyl groups excluding tert-OH is 2. The molecule has 0 aromatic heterocycles. The molecule has 23 heavy (non-hydrogen) atoms. The maximum absolute atomic E-state index is 11.1. The van der Waals surface area contributed by atoms with Crippen LogP contribution in [0.4, 0.5) is 0 Å². The van der Waals surface area contributed by atoms with E-state index in [9.17, 15) is 15.3 Å². The minimum absolute atomic E-state index is 0.0245. The summed E-state index contributed by atoms with van der Waals surface area (Å²) in [5.74, 6) is 0.0980. The Labute approximate surface area is 141 Å². The van der Waals surface area contributed by atoms with E-state index in [1.165, 1.54) is 0 Å². The van der Waals surface area contributed by atoms with Crippen LogP contribution in [0.3, 0.4) is 0 Å². The zero-order valence-electron chi connectivity index (χ0n) is 15.2. The third kappa shape index (κ3) is 3.16. The molecule has 0 amide bonds. The molecule has 2 aliphatic rings. The van der Waals surface area contributed by atoms with Crippen LogP contribution in [0.25, 0.3) is 0 Å². The fourth-order valence-electron chi connectivity index (χ4n) is 5.76. The van der Waals surface area contributed by atoms with Crippen molar-refractivity contribution in [3.8, 4) is 0 Å². The molecule has 2 fully saturated rings. The second kappa shape index (κ2) is 6.34. The van der Waals surface area contributed by atoms with Gasteiger partial charge < -0.3 is 15.3 Å². The van der Waals surface area contributed by atoms with Gasteiger partial charge in [0.1, 0.15) is 0 Å². The van der Waals surface area contributed by atoms with Crippen molar-refractivity contribution >= 4 is 0 Å². The normalized spacial score (nSPS) is 48.0. The molecule has 0 spiro atoms. The van der Waals surface area contributed by atoms with Crippen LogP contribution in [0.2, 0.25) is 0 Å². The molecule has 0 radical (unpaired) electrons. The molecular formula is C20H34O3. The number of hydrogen-bond donors (Lipinski definition) is 3. The van der Waals surface area contributed by atoms with Crippen LogP contribution in [0.5, 0.6) is 0 Å². The summed E-state index contributed by atoms with van der Waals surface area (Å²) in [5.41, 5.74) is -0.211. The first-order chi connectivity index (χ1) is 10.6. The number of aliphatic hydroxyl groups is 3. The van der Waals surface area contributed by atoms with Crippen molar-refractivity contribution in [2.45, 2.75) is 71.5 Å². The summed E-state index contributed by atoms with van der Waals surface area (Å²) in [6.45, 7) is 12.1. The second-order valence-corrected chi connectivity index (χ2v) is 8.72. The van der Waals surface area contributed by atoms with Gasteiger partial charge >= 0.3 is 0 Å². The third-order valence-electron chi connectivity index (χ3n) is 6.84. The number of fused-ring (bicyclic) bond motifs is 1. The molecule has 0 aromatic rings. The van der Waals surface area contributed by atoms with Crippen molar-refractivity contribution in [1.82, 2.24) is 0 Å². The fourth-order valence-corrected chi connectivity index (χ4v) is 5.76. The molecule has 2 aliphatic carbocycles. The second-order valence-electron chi connectivity index (χ2n) is 8.72. The molecule has 6 atom stereocenters. The molecule has 0 saturated heterocycles. The zero-order chi connectivity index (χ0) is 17.5. The van der Waals surface area contributed by atoms with E-state index in [1.807, 2.05) is 19.9 Å². The monoisotopic (exact) mass is 322 g/mol. The van der Waals surface area contributed by atoms with Crippen molar-refractivity contribution in [1.29, 1.82) is 0 Å². The molecule has 2 rings (SSSR count). The fraction of sp³-hybridized carbons (Fsp3) is 0.800. The van der Waals surface area contributed by atoms with Gasteiger partial charge in [0, 0.05) is 13.0 Å². The lowest BCUT2D eigenvalue weighted by atomic mass is 9.44. The Morgan fingerprint density at radius 3 is 2.48 bits per heavy atom. The van der Waals surface area contributed by atoms with Crippen molar-refractivity contribution in [2.24, 2.45) is 22.7 Å². The highest BCUT2D eigenvalue weighted by Crippen LogP contribution is 2.62. The highest BCUT2D eigenvalue weighted by molar-refractivity contribution is 5.17. The molecule has 3 nitrogen and oxygen atoms in total. The molecule has 0 heterocycles. The summed E-state index contributed by atoms with van der Waals surface area (Å²) in [7, 11) is 0. The van der Waals surface area contributed by atoms with E-state index < -0.39 is 11.7 Å². The summed E-state index contributed by atoms with van der Waals surface area (Å²) < 4.78 is 0. The van der Waals surface area contributed by atoms with Gasteiger partial charge in [0.2, 0.25) is 0 Å². The lowest BCUT2D eigenvalue weighted by Crippen LogP contribution is -2.63. The standard InChI is InChI=1S/C20H34O3/c1-6-14(2)8-9-16-19(4)11-7-10-18(3,13-21)17(19)15(22)12-20(16,5)23/h6,8,15-17,21-23H,1,7,9-13H2,2-5H3. The average Bonchev–Trinajstić information content (AvgIpc) is 2.44. The van der Waals surface area contributed by atoms with Gasteiger partial charge in [0.25, 0.3) is 0 Å². The minimum atomic E-state index is -0.893. The van der Waals surface area contributed by atoms with E-state index in [2.05, 4.69) is 26.5 Å². The average molecular weight is 322 g/mol. The Hall–Kier alpha value is -0.640. The van der Waals surface area contributed by atoms with Gasteiger partial charge in [-0.3, -0.25) is 0 Å². The predicted octanol–water partition coefficient (Wildman–Crippen LogP) is 3.45. The van der Waals surface area contributed by atoms with E-state index >= 15 is 0 Å². The van der Waals surface area contributed by atoms with Gasteiger partial charge in [0.05, 0.1) is 11.7 Å². The van der Waals surface area contributed by atoms with E-state index in [1.54, 1.807) is 0 Å². The van der Waals surface area contributed by atoms with Gasteiger partial charge in [0.15, 0.2) is 0 Å². The molecule has 0 aromatic carbocycles. The third-order valence-corrected chi connectivity index (χ3v) is 6.84. The number of hydrogen-bond acceptors (Lipinski definition) is 3.